The van der Waals surface area contributed by atoms with E-state index < -0.39 is 18.1 Å². The quantitative estimate of drug-likeness (QED) is 0.313. The minimum absolute atomic E-state index is 0. The summed E-state index contributed by atoms with van der Waals surface area (Å²) in [6.45, 7) is 2.79. The standard InChI is InChI=1S/C24H26F3N7O4.K/c1-32-6-8-33(9-7-32)15-3-5-18(38-24(25,26)27)17(12-15)29-23-28-13-14-2-4-16-20(22(36)37)31-34(10-11-35)21(16)19(14)30-23;/h3,5,12-13,35H,2,4,6-11H2,1H3,(H,36,37)(H,28,29,30);/q;+1/p-1. The summed E-state index contributed by atoms with van der Waals surface area (Å²) in [4.78, 5) is 24.7. The average Bonchev–Trinajstić information content (AvgIpc) is 3.24. The van der Waals surface area contributed by atoms with Gasteiger partial charge in [0.2, 0.25) is 5.95 Å². The summed E-state index contributed by atoms with van der Waals surface area (Å²) in [5.41, 5.74) is 2.43. The Bertz CT molecular complexity index is 1360. The van der Waals surface area contributed by atoms with Crippen LogP contribution in [-0.4, -0.2) is 81.9 Å². The molecule has 1 aliphatic heterocycles. The summed E-state index contributed by atoms with van der Waals surface area (Å²) >= 11 is 0. The number of nitrogens with zero attached hydrogens (tertiary/aromatic N) is 6. The maximum absolute atomic E-state index is 13.2. The number of piperazine rings is 1. The first kappa shape index (κ1) is 29.7. The van der Waals surface area contributed by atoms with E-state index >= 15 is 0 Å². The van der Waals surface area contributed by atoms with Crippen molar-refractivity contribution in [3.63, 3.8) is 0 Å². The molecule has 2 aromatic heterocycles. The molecule has 0 bridgehead atoms. The molecule has 1 aliphatic carbocycles. The zero-order chi connectivity index (χ0) is 27.0. The fourth-order valence-electron chi connectivity index (χ4n) is 4.75. The van der Waals surface area contributed by atoms with Gasteiger partial charge >= 0.3 is 57.7 Å². The van der Waals surface area contributed by atoms with Gasteiger partial charge in [-0.3, -0.25) is 4.68 Å². The fourth-order valence-corrected chi connectivity index (χ4v) is 4.75. The fraction of sp³-hybridized carbons (Fsp3) is 0.417. The van der Waals surface area contributed by atoms with Crippen LogP contribution in [0.4, 0.5) is 30.5 Å². The molecule has 1 aromatic carbocycles. The number of carbonyl (C=O) groups is 1. The number of nitrogens with one attached hydrogen (secondary N) is 1. The number of halogens is 3. The van der Waals surface area contributed by atoms with Gasteiger partial charge in [-0.1, -0.05) is 0 Å². The molecule has 2 N–H and O–H groups in total. The number of fused-ring (bicyclic) bond motifs is 3. The Hall–Kier alpha value is -2.27. The van der Waals surface area contributed by atoms with E-state index in [0.717, 1.165) is 18.8 Å². The molecule has 11 nitrogen and oxygen atoms in total. The number of aromatic nitrogens is 4. The van der Waals surface area contributed by atoms with Gasteiger partial charge < -0.3 is 34.9 Å². The van der Waals surface area contributed by atoms with Crippen LogP contribution in [0.5, 0.6) is 5.75 Å². The first-order valence-corrected chi connectivity index (χ1v) is 12.0. The SMILES string of the molecule is CN1CCN(c2ccc(OC(F)(F)F)c(Nc3ncc4c(n3)-c3c(c(C(=O)[O-])nn3CCO)CC4)c2)CC1.[K+]. The smallest absolute Gasteiger partial charge is 0.543 e. The zero-order valence-corrected chi connectivity index (χ0v) is 24.6. The van der Waals surface area contributed by atoms with E-state index in [1.165, 1.54) is 16.9 Å². The number of aliphatic hydroxyl groups is 1. The first-order valence-electron chi connectivity index (χ1n) is 12.0. The number of aliphatic hydroxyl groups excluding tert-OH is 1. The maximum atomic E-state index is 13.2. The number of carbonyl (C=O) groups excluding carboxylic acids is 1. The molecule has 3 aromatic rings. The van der Waals surface area contributed by atoms with Crippen molar-refractivity contribution < 1.29 is 84.3 Å². The van der Waals surface area contributed by atoms with Gasteiger partial charge in [-0.2, -0.15) is 5.10 Å². The predicted octanol–water partition coefficient (Wildman–Crippen LogP) is -1.81. The molecule has 2 aliphatic rings. The van der Waals surface area contributed by atoms with E-state index in [1.807, 2.05) is 7.05 Å². The summed E-state index contributed by atoms with van der Waals surface area (Å²) in [6, 6.07) is 4.39. The van der Waals surface area contributed by atoms with Crippen LogP contribution >= 0.6 is 0 Å². The van der Waals surface area contributed by atoms with Crippen LogP contribution in [0.15, 0.2) is 24.4 Å². The van der Waals surface area contributed by atoms with Gasteiger partial charge in [0.1, 0.15) is 5.69 Å². The van der Waals surface area contributed by atoms with Crippen molar-refractivity contribution in [2.24, 2.45) is 0 Å². The van der Waals surface area contributed by atoms with E-state index in [9.17, 15) is 28.2 Å². The number of aryl methyl sites for hydroxylation is 1. The van der Waals surface area contributed by atoms with E-state index in [0.29, 0.717) is 48.4 Å². The number of hydrogen-bond donors (Lipinski definition) is 2. The van der Waals surface area contributed by atoms with Crippen molar-refractivity contribution in [1.82, 2.24) is 24.6 Å². The van der Waals surface area contributed by atoms with Crippen molar-refractivity contribution in [1.29, 1.82) is 0 Å². The number of carboxylic acid groups (broad SMARTS) is 1. The van der Waals surface area contributed by atoms with Crippen LogP contribution < -0.4 is 71.4 Å². The van der Waals surface area contributed by atoms with Gasteiger partial charge in [0.25, 0.3) is 0 Å². The molecule has 1 saturated heterocycles. The molecule has 0 saturated carbocycles. The molecule has 0 unspecified atom stereocenters. The van der Waals surface area contributed by atoms with Gasteiger partial charge in [-0.15, -0.1) is 13.2 Å². The van der Waals surface area contributed by atoms with Crippen LogP contribution in [0.1, 0.15) is 21.6 Å². The third kappa shape index (κ3) is 6.56. The average molecular weight is 572 g/mol. The van der Waals surface area contributed by atoms with Gasteiger partial charge in [-0.25, -0.2) is 9.97 Å². The Balaban J connectivity index is 0.00000353. The number of alkyl halides is 3. The second kappa shape index (κ2) is 12.1. The number of carboxylic acids is 1. The van der Waals surface area contributed by atoms with Crippen molar-refractivity contribution >= 4 is 23.3 Å². The zero-order valence-electron chi connectivity index (χ0n) is 21.5. The second-order valence-electron chi connectivity index (χ2n) is 9.12. The van der Waals surface area contributed by atoms with Crippen molar-refractivity contribution in [2.45, 2.75) is 25.7 Å². The number of hydrogen-bond acceptors (Lipinski definition) is 10. The Morgan fingerprint density at radius 2 is 1.95 bits per heavy atom. The molecule has 15 heteroatoms. The van der Waals surface area contributed by atoms with Gasteiger partial charge in [0.15, 0.2) is 5.75 Å². The number of anilines is 3. The molecule has 0 radical (unpaired) electrons. The van der Waals surface area contributed by atoms with E-state index in [-0.39, 0.29) is 81.9 Å². The van der Waals surface area contributed by atoms with E-state index in [1.54, 1.807) is 12.1 Å². The number of rotatable bonds is 7. The van der Waals surface area contributed by atoms with Crippen molar-refractivity contribution in [3.8, 4) is 17.1 Å². The third-order valence-corrected chi connectivity index (χ3v) is 6.59. The second-order valence-corrected chi connectivity index (χ2v) is 9.12. The minimum atomic E-state index is -4.91. The van der Waals surface area contributed by atoms with Crippen LogP contribution in [0, 0.1) is 0 Å². The molecule has 0 spiro atoms. The summed E-state index contributed by atoms with van der Waals surface area (Å²) in [7, 11) is 2.01. The van der Waals surface area contributed by atoms with Gasteiger partial charge in [0, 0.05) is 43.6 Å². The summed E-state index contributed by atoms with van der Waals surface area (Å²) in [6.07, 6.45) is -2.56. The molecule has 202 valence electrons. The Morgan fingerprint density at radius 3 is 2.62 bits per heavy atom. The summed E-state index contributed by atoms with van der Waals surface area (Å²) < 4.78 is 45.1. The van der Waals surface area contributed by atoms with Crippen LogP contribution in [0.2, 0.25) is 0 Å². The number of benzene rings is 1. The molecule has 0 amide bonds. The monoisotopic (exact) mass is 571 g/mol. The topological polar surface area (TPSA) is 132 Å². The molecule has 0 atom stereocenters. The third-order valence-electron chi connectivity index (χ3n) is 6.59. The van der Waals surface area contributed by atoms with Gasteiger partial charge in [-0.05, 0) is 43.7 Å². The summed E-state index contributed by atoms with van der Waals surface area (Å²) in [5, 5.41) is 28.0. The first-order chi connectivity index (χ1) is 18.1. The van der Waals surface area contributed by atoms with Crippen LogP contribution in [0.25, 0.3) is 11.4 Å². The van der Waals surface area contributed by atoms with E-state index in [2.05, 4.69) is 34.9 Å². The Kier molecular flexibility index (Phi) is 9.20. The normalized spacial score (nSPS) is 15.3. The predicted molar refractivity (Wildman–Crippen MR) is 128 cm³/mol. The molecular weight excluding hydrogens is 546 g/mol. The molecule has 39 heavy (non-hydrogen) atoms. The number of aromatic carboxylic acids is 1. The minimum Gasteiger partial charge on any atom is -0.543 e. The number of likely N-dealkylation sites (N-methyl/N-ethyl adjacent to an activating group) is 1. The number of ether oxygens (including phenoxy) is 1. The molecule has 5 rings (SSSR count). The van der Waals surface area contributed by atoms with Crippen molar-refractivity contribution in [3.05, 3.63) is 41.2 Å². The Labute approximate surface area is 264 Å². The molecule has 1 fully saturated rings. The summed E-state index contributed by atoms with van der Waals surface area (Å²) in [5.74, 6) is -1.89. The Morgan fingerprint density at radius 1 is 1.21 bits per heavy atom. The largest absolute Gasteiger partial charge is 1.00 e. The van der Waals surface area contributed by atoms with Crippen molar-refractivity contribution in [2.75, 3.05) is 50.1 Å². The van der Waals surface area contributed by atoms with Crippen LogP contribution in [0.3, 0.4) is 0 Å². The van der Waals surface area contributed by atoms with Gasteiger partial charge in [0.05, 0.1) is 36.2 Å². The molecule has 3 heterocycles. The van der Waals surface area contributed by atoms with E-state index in [4.69, 9.17) is 0 Å². The maximum Gasteiger partial charge on any atom is 1.00 e. The molecular formula is C24H25F3KN7O4. The van der Waals surface area contributed by atoms with Crippen LogP contribution in [-0.2, 0) is 19.4 Å².